The smallest absolute Gasteiger partial charge is 0.223 e. The Hall–Kier alpha value is -1.32. The third kappa shape index (κ3) is 3.08. The second-order valence-corrected chi connectivity index (χ2v) is 4.13. The SMILES string of the molecule is O=C1C=C(NCCNC(=O)C2CC2)CC1. The van der Waals surface area contributed by atoms with Crippen molar-refractivity contribution in [2.75, 3.05) is 13.1 Å². The second kappa shape index (κ2) is 4.47. The Bertz CT molecular complexity index is 306. The lowest BCUT2D eigenvalue weighted by Crippen LogP contribution is -2.32. The third-order valence-electron chi connectivity index (χ3n) is 2.70. The maximum Gasteiger partial charge on any atom is 0.223 e. The Balaban J connectivity index is 1.56. The van der Waals surface area contributed by atoms with Crippen molar-refractivity contribution >= 4 is 11.7 Å². The highest BCUT2D eigenvalue weighted by molar-refractivity contribution is 5.92. The fourth-order valence-corrected chi connectivity index (χ4v) is 1.63. The summed E-state index contributed by atoms with van der Waals surface area (Å²) >= 11 is 0. The quantitative estimate of drug-likeness (QED) is 0.641. The molecule has 0 unspecified atom stereocenters. The molecule has 2 rings (SSSR count). The molecule has 4 nitrogen and oxygen atoms in total. The summed E-state index contributed by atoms with van der Waals surface area (Å²) in [5.41, 5.74) is 1.00. The van der Waals surface area contributed by atoms with Gasteiger partial charge in [0.2, 0.25) is 5.91 Å². The molecule has 0 aliphatic heterocycles. The van der Waals surface area contributed by atoms with Crippen LogP contribution >= 0.6 is 0 Å². The second-order valence-electron chi connectivity index (χ2n) is 4.13. The van der Waals surface area contributed by atoms with Crippen molar-refractivity contribution in [2.45, 2.75) is 25.7 Å². The third-order valence-corrected chi connectivity index (χ3v) is 2.70. The highest BCUT2D eigenvalue weighted by Crippen LogP contribution is 2.28. The van der Waals surface area contributed by atoms with E-state index in [1.54, 1.807) is 6.08 Å². The lowest BCUT2D eigenvalue weighted by Gasteiger charge is -2.07. The van der Waals surface area contributed by atoms with Crippen LogP contribution in [0, 0.1) is 5.92 Å². The van der Waals surface area contributed by atoms with E-state index in [0.717, 1.165) is 25.0 Å². The van der Waals surface area contributed by atoms with Gasteiger partial charge in [-0.05, 0) is 19.3 Å². The lowest BCUT2D eigenvalue weighted by atomic mass is 10.3. The molecule has 0 heterocycles. The van der Waals surface area contributed by atoms with Gasteiger partial charge >= 0.3 is 0 Å². The molecular formula is C11H16N2O2. The summed E-state index contributed by atoms with van der Waals surface area (Å²) in [6, 6.07) is 0. The normalized spacial score (nSPS) is 20.0. The zero-order valence-electron chi connectivity index (χ0n) is 8.71. The molecule has 0 spiro atoms. The van der Waals surface area contributed by atoms with Crippen molar-refractivity contribution in [3.8, 4) is 0 Å². The van der Waals surface area contributed by atoms with E-state index in [4.69, 9.17) is 0 Å². The van der Waals surface area contributed by atoms with Gasteiger partial charge in [-0.2, -0.15) is 0 Å². The van der Waals surface area contributed by atoms with Gasteiger partial charge < -0.3 is 10.6 Å². The minimum atomic E-state index is 0.174. The van der Waals surface area contributed by atoms with Crippen molar-refractivity contribution in [3.63, 3.8) is 0 Å². The molecule has 0 radical (unpaired) electrons. The number of carbonyl (C=O) groups is 2. The number of allylic oxidation sites excluding steroid dienone is 2. The molecule has 2 N–H and O–H groups in total. The molecule has 82 valence electrons. The zero-order valence-corrected chi connectivity index (χ0v) is 8.71. The number of ketones is 1. The van der Waals surface area contributed by atoms with E-state index in [9.17, 15) is 9.59 Å². The predicted molar refractivity (Wildman–Crippen MR) is 56.1 cm³/mol. The largest absolute Gasteiger partial charge is 0.386 e. The van der Waals surface area contributed by atoms with E-state index in [2.05, 4.69) is 10.6 Å². The van der Waals surface area contributed by atoms with E-state index in [1.165, 1.54) is 0 Å². The molecule has 15 heavy (non-hydrogen) atoms. The van der Waals surface area contributed by atoms with E-state index in [-0.39, 0.29) is 17.6 Å². The van der Waals surface area contributed by atoms with Gasteiger partial charge in [-0.1, -0.05) is 0 Å². The number of hydrogen-bond donors (Lipinski definition) is 2. The van der Waals surface area contributed by atoms with Crippen LogP contribution in [0.1, 0.15) is 25.7 Å². The Kier molecular flexibility index (Phi) is 3.04. The molecule has 1 fully saturated rings. The Morgan fingerprint density at radius 3 is 2.73 bits per heavy atom. The highest BCUT2D eigenvalue weighted by Gasteiger charge is 2.28. The van der Waals surface area contributed by atoms with Gasteiger partial charge in [0.05, 0.1) is 0 Å². The van der Waals surface area contributed by atoms with Crippen LogP contribution < -0.4 is 10.6 Å². The first kappa shape index (κ1) is 10.2. The summed E-state index contributed by atoms with van der Waals surface area (Å²) in [5, 5.41) is 6.02. The van der Waals surface area contributed by atoms with Crippen molar-refractivity contribution < 1.29 is 9.59 Å². The van der Waals surface area contributed by atoms with Crippen LogP contribution in [-0.2, 0) is 9.59 Å². The van der Waals surface area contributed by atoms with Crippen LogP contribution in [-0.4, -0.2) is 24.8 Å². The first-order valence-electron chi connectivity index (χ1n) is 5.50. The van der Waals surface area contributed by atoms with E-state index in [0.29, 0.717) is 19.5 Å². The van der Waals surface area contributed by atoms with Gasteiger partial charge in [0, 0.05) is 37.2 Å². The average Bonchev–Trinajstić information content (AvgIpc) is 2.98. The number of amides is 1. The molecule has 0 aromatic heterocycles. The molecule has 1 amide bonds. The molecule has 0 atom stereocenters. The minimum absolute atomic E-state index is 0.174. The average molecular weight is 208 g/mol. The lowest BCUT2D eigenvalue weighted by molar-refractivity contribution is -0.122. The molecular weight excluding hydrogens is 192 g/mol. The van der Waals surface area contributed by atoms with Crippen molar-refractivity contribution in [1.29, 1.82) is 0 Å². The Labute approximate surface area is 89.1 Å². The van der Waals surface area contributed by atoms with Gasteiger partial charge in [0.25, 0.3) is 0 Å². The molecule has 2 aliphatic carbocycles. The topological polar surface area (TPSA) is 58.2 Å². The maximum absolute atomic E-state index is 11.2. The van der Waals surface area contributed by atoms with E-state index >= 15 is 0 Å². The van der Waals surface area contributed by atoms with Crippen molar-refractivity contribution in [3.05, 3.63) is 11.8 Å². The molecule has 2 aliphatic rings. The number of nitrogens with one attached hydrogen (secondary N) is 2. The van der Waals surface area contributed by atoms with E-state index in [1.807, 2.05) is 0 Å². The maximum atomic E-state index is 11.2. The minimum Gasteiger partial charge on any atom is -0.386 e. The van der Waals surface area contributed by atoms with Crippen LogP contribution in [0.15, 0.2) is 11.8 Å². The predicted octanol–water partition coefficient (Wildman–Crippen LogP) is 0.349. The zero-order chi connectivity index (χ0) is 10.7. The first-order chi connectivity index (χ1) is 7.25. The fraction of sp³-hybridized carbons (Fsp3) is 0.636. The monoisotopic (exact) mass is 208 g/mol. The van der Waals surface area contributed by atoms with Crippen LogP contribution in [0.25, 0.3) is 0 Å². The number of carbonyl (C=O) groups excluding carboxylic acids is 2. The summed E-state index contributed by atoms with van der Waals surface area (Å²) in [7, 11) is 0. The fourth-order valence-electron chi connectivity index (χ4n) is 1.63. The van der Waals surface area contributed by atoms with Gasteiger partial charge in [0.1, 0.15) is 0 Å². The highest BCUT2D eigenvalue weighted by atomic mass is 16.2. The van der Waals surface area contributed by atoms with Gasteiger partial charge in [0.15, 0.2) is 5.78 Å². The molecule has 0 aromatic carbocycles. The van der Waals surface area contributed by atoms with E-state index < -0.39 is 0 Å². The van der Waals surface area contributed by atoms with Gasteiger partial charge in [-0.3, -0.25) is 9.59 Å². The van der Waals surface area contributed by atoms with Crippen LogP contribution in [0.4, 0.5) is 0 Å². The van der Waals surface area contributed by atoms with Crippen LogP contribution in [0.5, 0.6) is 0 Å². The molecule has 0 aromatic rings. The molecule has 0 bridgehead atoms. The summed E-state index contributed by atoms with van der Waals surface area (Å²) < 4.78 is 0. The standard InChI is InChI=1S/C11H16N2O2/c14-10-4-3-9(7-10)12-5-6-13-11(15)8-1-2-8/h7-8,12H,1-6H2,(H,13,15). The molecule has 4 heteroatoms. The number of hydrogen-bond acceptors (Lipinski definition) is 3. The Morgan fingerprint density at radius 1 is 1.33 bits per heavy atom. The summed E-state index contributed by atoms with van der Waals surface area (Å²) in [6.07, 6.45) is 5.17. The van der Waals surface area contributed by atoms with Gasteiger partial charge in [-0.25, -0.2) is 0 Å². The van der Waals surface area contributed by atoms with Crippen molar-refractivity contribution in [2.24, 2.45) is 5.92 Å². The summed E-state index contributed by atoms with van der Waals surface area (Å²) in [6.45, 7) is 1.35. The first-order valence-corrected chi connectivity index (χ1v) is 5.50. The number of rotatable bonds is 5. The van der Waals surface area contributed by atoms with Crippen LogP contribution in [0.3, 0.4) is 0 Å². The summed E-state index contributed by atoms with van der Waals surface area (Å²) in [5.74, 6) is 0.644. The Morgan fingerprint density at radius 2 is 2.13 bits per heavy atom. The molecule has 0 saturated heterocycles. The summed E-state index contributed by atoms with van der Waals surface area (Å²) in [4.78, 5) is 22.2. The molecule has 1 saturated carbocycles. The van der Waals surface area contributed by atoms with Crippen LogP contribution in [0.2, 0.25) is 0 Å². The van der Waals surface area contributed by atoms with Crippen molar-refractivity contribution in [1.82, 2.24) is 10.6 Å². The van der Waals surface area contributed by atoms with Gasteiger partial charge in [-0.15, -0.1) is 0 Å².